The average molecular weight is 666 g/mol. The first kappa shape index (κ1) is 34.3. The molecule has 0 aliphatic carbocycles. The van der Waals surface area contributed by atoms with Crippen LogP contribution in [0.25, 0.3) is 0 Å². The molecular weight excluding hydrogens is 643 g/mol. The molecule has 0 aliphatic rings. The lowest BCUT2D eigenvalue weighted by Crippen LogP contribution is -2.60. The van der Waals surface area contributed by atoms with E-state index in [9.17, 15) is 53.0 Å². The van der Waals surface area contributed by atoms with Crippen molar-refractivity contribution in [3.8, 4) is 11.5 Å². The van der Waals surface area contributed by atoms with Crippen LogP contribution in [0.1, 0.15) is 6.42 Å². The molecule has 2 atom stereocenters. The predicted molar refractivity (Wildman–Crippen MR) is 136 cm³/mol. The zero-order valence-corrected chi connectivity index (χ0v) is 23.1. The molecule has 236 valence electrons. The normalized spacial score (nSPS) is 14.7. The van der Waals surface area contributed by atoms with Gasteiger partial charge in [0.05, 0.1) is 17.5 Å². The number of hydrogen-bond donors (Lipinski definition) is 2. The van der Waals surface area contributed by atoms with Crippen LogP contribution in [0, 0.1) is 0 Å². The topological polar surface area (TPSA) is 93.1 Å². The van der Waals surface area contributed by atoms with Crippen molar-refractivity contribution in [3.05, 3.63) is 78.9 Å². The van der Waals surface area contributed by atoms with Gasteiger partial charge in [0.25, 0.3) is 5.60 Å². The van der Waals surface area contributed by atoms with Gasteiger partial charge in [0.2, 0.25) is 0 Å². The molecule has 6 nitrogen and oxygen atoms in total. The molecule has 0 bridgehead atoms. The third kappa shape index (κ3) is 7.87. The molecule has 3 aromatic carbocycles. The highest BCUT2D eigenvalue weighted by Crippen LogP contribution is 2.43. The van der Waals surface area contributed by atoms with Crippen molar-refractivity contribution < 1.29 is 67.1 Å². The van der Waals surface area contributed by atoms with Crippen LogP contribution in [-0.4, -0.2) is 60.7 Å². The van der Waals surface area contributed by atoms with Crippen LogP contribution in [-0.2, 0) is 21.0 Å². The van der Waals surface area contributed by atoms with Gasteiger partial charge in [-0.05, 0) is 60.7 Å². The summed E-state index contributed by atoms with van der Waals surface area (Å²) < 4.78 is 158. The van der Waals surface area contributed by atoms with Crippen molar-refractivity contribution >= 4 is 21.0 Å². The molecule has 0 fully saturated rings. The highest BCUT2D eigenvalue weighted by Gasteiger charge is 2.71. The molecular formula is C26H22F9O6S2+. The van der Waals surface area contributed by atoms with Crippen LogP contribution < -0.4 is 9.47 Å². The van der Waals surface area contributed by atoms with Crippen molar-refractivity contribution in [1.82, 2.24) is 0 Å². The number of halogens is 9. The minimum absolute atomic E-state index is 0.105. The highest BCUT2D eigenvalue weighted by molar-refractivity contribution is 7.97. The summed E-state index contributed by atoms with van der Waals surface area (Å²) in [7, 11) is -6.85. The Morgan fingerprint density at radius 2 is 1.12 bits per heavy atom. The zero-order chi connectivity index (χ0) is 32.3. The van der Waals surface area contributed by atoms with Gasteiger partial charge in [-0.3, -0.25) is 4.55 Å². The Balaban J connectivity index is 1.77. The molecule has 2 N–H and O–H groups in total. The number of ether oxygens (including phenoxy) is 2. The first-order valence-electron chi connectivity index (χ1n) is 11.9. The maximum absolute atomic E-state index is 13.7. The van der Waals surface area contributed by atoms with Crippen molar-refractivity contribution in [2.24, 2.45) is 0 Å². The van der Waals surface area contributed by atoms with Crippen LogP contribution in [0.15, 0.2) is 93.5 Å². The molecule has 0 spiro atoms. The first-order valence-corrected chi connectivity index (χ1v) is 14.5. The Kier molecular flexibility index (Phi) is 10.3. The summed E-state index contributed by atoms with van der Waals surface area (Å²) in [4.78, 5) is 1.94. The summed E-state index contributed by atoms with van der Waals surface area (Å²) in [6, 6.07) is 19.8. The summed E-state index contributed by atoms with van der Waals surface area (Å²) in [6.07, 6.45) is -16.4. The molecule has 0 aliphatic heterocycles. The summed E-state index contributed by atoms with van der Waals surface area (Å²) in [6.45, 7) is -2.78. The number of benzene rings is 3. The van der Waals surface area contributed by atoms with Crippen molar-refractivity contribution in [2.45, 2.75) is 50.5 Å². The fourth-order valence-corrected chi connectivity index (χ4v) is 5.93. The third-order valence-corrected chi connectivity index (χ3v) is 9.01. The molecule has 0 saturated carbocycles. The minimum Gasteiger partial charge on any atom is -0.493 e. The summed E-state index contributed by atoms with van der Waals surface area (Å²) >= 11 is 0. The fourth-order valence-electron chi connectivity index (χ4n) is 3.43. The van der Waals surface area contributed by atoms with Gasteiger partial charge in [0, 0.05) is 6.42 Å². The van der Waals surface area contributed by atoms with E-state index in [0.717, 1.165) is 17.0 Å². The molecule has 0 amide bonds. The van der Waals surface area contributed by atoms with Crippen LogP contribution in [0.3, 0.4) is 0 Å². The number of rotatable bonds is 12. The monoisotopic (exact) mass is 665 g/mol. The Labute approximate surface area is 242 Å². The molecule has 0 heterocycles. The Morgan fingerprint density at radius 1 is 0.698 bits per heavy atom. The fraction of sp³-hybridized carbons (Fsp3) is 0.308. The smallest absolute Gasteiger partial charge is 0.429 e. The van der Waals surface area contributed by atoms with E-state index in [-0.39, 0.29) is 11.5 Å². The van der Waals surface area contributed by atoms with E-state index >= 15 is 0 Å². The van der Waals surface area contributed by atoms with Gasteiger partial charge < -0.3 is 14.6 Å². The van der Waals surface area contributed by atoms with Gasteiger partial charge in [-0.1, -0.05) is 18.2 Å². The maximum Gasteiger partial charge on any atom is 0.429 e. The van der Waals surface area contributed by atoms with Crippen molar-refractivity contribution in [2.75, 3.05) is 13.2 Å². The van der Waals surface area contributed by atoms with Gasteiger partial charge in [-0.15, -0.1) is 0 Å². The lowest BCUT2D eigenvalue weighted by molar-refractivity contribution is -0.373. The zero-order valence-electron chi connectivity index (χ0n) is 21.4. The maximum atomic E-state index is 13.7. The number of aliphatic hydroxyl groups is 1. The quantitative estimate of drug-likeness (QED) is 0.129. The Morgan fingerprint density at radius 3 is 1.53 bits per heavy atom. The molecule has 0 saturated heterocycles. The third-order valence-electron chi connectivity index (χ3n) is 5.83. The van der Waals surface area contributed by atoms with Crippen molar-refractivity contribution in [3.63, 3.8) is 0 Å². The second-order valence-corrected chi connectivity index (χ2v) is 12.4. The summed E-state index contributed by atoms with van der Waals surface area (Å²) in [5.41, 5.74) is -5.08. The molecule has 43 heavy (non-hydrogen) atoms. The van der Waals surface area contributed by atoms with Gasteiger partial charge in [-0.25, -0.2) is 4.39 Å². The Hall–Kier alpha value is -3.15. The SMILES string of the molecule is O=S(=O)(O)C(F)(F)C(F)CCOc1ccc([S+](c2ccccc2)c2ccc(OCC(O)(C(F)(F)F)C(F)(F)F)cc2)cc1. The lowest BCUT2D eigenvalue weighted by atomic mass is 10.0. The molecule has 0 radical (unpaired) electrons. The van der Waals surface area contributed by atoms with Crippen LogP contribution >= 0.6 is 0 Å². The highest BCUT2D eigenvalue weighted by atomic mass is 32.2. The number of alkyl halides is 9. The van der Waals surface area contributed by atoms with E-state index < -0.39 is 70.0 Å². The lowest BCUT2D eigenvalue weighted by Gasteiger charge is -2.31. The summed E-state index contributed by atoms with van der Waals surface area (Å²) in [5, 5.41) is 4.28. The van der Waals surface area contributed by atoms with Gasteiger partial charge in [-0.2, -0.15) is 43.5 Å². The minimum atomic E-state index is -6.04. The van der Waals surface area contributed by atoms with E-state index in [1.54, 1.807) is 42.5 Å². The molecule has 2 unspecified atom stereocenters. The average Bonchev–Trinajstić information content (AvgIpc) is 2.92. The number of hydrogen-bond acceptors (Lipinski definition) is 5. The van der Waals surface area contributed by atoms with Gasteiger partial charge in [0.1, 0.15) is 18.1 Å². The van der Waals surface area contributed by atoms with Crippen molar-refractivity contribution in [1.29, 1.82) is 0 Å². The molecule has 3 aromatic rings. The second-order valence-electron chi connectivity index (χ2n) is 8.85. The van der Waals surface area contributed by atoms with E-state index in [1.165, 1.54) is 24.3 Å². The van der Waals surface area contributed by atoms with E-state index in [2.05, 4.69) is 4.74 Å². The first-order chi connectivity index (χ1) is 19.8. The largest absolute Gasteiger partial charge is 0.493 e. The predicted octanol–water partition coefficient (Wildman–Crippen LogP) is 6.60. The standard InChI is InChI=1S/C26H21F9O6S2/c27-22(24(28,29)43(37,38)39)14-15-40-17-6-10-20(11-7-17)42(19-4-2-1-3-5-19)21-12-8-18(9-13-21)41-16-23(36,25(30,31)32)26(33,34)35/h1-13,22,36H,14-16H2/p+1. The second kappa shape index (κ2) is 12.8. The van der Waals surface area contributed by atoms with Crippen LogP contribution in [0.5, 0.6) is 11.5 Å². The molecule has 0 aromatic heterocycles. The van der Waals surface area contributed by atoms with Crippen LogP contribution in [0.2, 0.25) is 0 Å². The van der Waals surface area contributed by atoms with E-state index in [0.29, 0.717) is 9.79 Å². The molecule has 17 heteroatoms. The van der Waals surface area contributed by atoms with Gasteiger partial charge >= 0.3 is 27.7 Å². The van der Waals surface area contributed by atoms with E-state index in [4.69, 9.17) is 9.29 Å². The van der Waals surface area contributed by atoms with Gasteiger partial charge in [0.15, 0.2) is 20.9 Å². The summed E-state index contributed by atoms with van der Waals surface area (Å²) in [5.74, 6) is -0.268. The van der Waals surface area contributed by atoms with Crippen LogP contribution in [0.4, 0.5) is 39.5 Å². The Bertz CT molecular complexity index is 1430. The van der Waals surface area contributed by atoms with E-state index in [1.807, 2.05) is 0 Å². The molecule has 3 rings (SSSR count).